The van der Waals surface area contributed by atoms with Gasteiger partial charge in [0.05, 0.1) is 24.6 Å². The number of azo groups is 1. The van der Waals surface area contributed by atoms with Gasteiger partial charge in [-0.05, 0) is 24.3 Å². The Morgan fingerprint density at radius 2 is 2.08 bits per heavy atom. The van der Waals surface area contributed by atoms with Crippen molar-refractivity contribution in [2.24, 2.45) is 10.2 Å². The van der Waals surface area contributed by atoms with E-state index in [0.29, 0.717) is 36.8 Å². The highest BCUT2D eigenvalue weighted by Crippen LogP contribution is 2.18. The lowest BCUT2D eigenvalue weighted by Crippen LogP contribution is -2.23. The summed E-state index contributed by atoms with van der Waals surface area (Å²) < 4.78 is 5.05. The third-order valence-corrected chi connectivity index (χ3v) is 3.28. The number of aromatic nitrogens is 2. The Kier molecular flexibility index (Phi) is 6.54. The van der Waals surface area contributed by atoms with Gasteiger partial charge in [-0.25, -0.2) is 9.97 Å². The molecule has 0 aliphatic heterocycles. The average molecular weight is 338 g/mol. The Balaban J connectivity index is 1.91. The van der Waals surface area contributed by atoms with Gasteiger partial charge in [0, 0.05) is 13.5 Å². The fraction of sp³-hybridized carbons (Fsp3) is 0.294. The predicted octanol–water partition coefficient (Wildman–Crippen LogP) is 3.15. The van der Waals surface area contributed by atoms with Crippen LogP contribution in [0.5, 0.6) is 0 Å². The van der Waals surface area contributed by atoms with Crippen molar-refractivity contribution in [2.45, 2.75) is 13.3 Å². The first-order chi connectivity index (χ1) is 12.1. The van der Waals surface area contributed by atoms with Gasteiger partial charge in [-0.3, -0.25) is 4.79 Å². The number of esters is 1. The van der Waals surface area contributed by atoms with Crippen molar-refractivity contribution in [3.05, 3.63) is 42.4 Å². The molecule has 0 fully saturated rings. The molecule has 0 saturated carbocycles. The second kappa shape index (κ2) is 9.08. The third kappa shape index (κ3) is 5.66. The molecular formula is C17H18N6O2. The zero-order chi connectivity index (χ0) is 18.1. The molecule has 2 heterocycles. The molecule has 0 N–H and O–H groups in total. The maximum absolute atomic E-state index is 11.1. The van der Waals surface area contributed by atoms with E-state index in [2.05, 4.69) is 20.2 Å². The molecule has 0 atom stereocenters. The number of ether oxygens (including phenoxy) is 1. The first-order valence-corrected chi connectivity index (χ1v) is 7.73. The third-order valence-electron chi connectivity index (χ3n) is 3.28. The molecule has 8 heteroatoms. The molecular weight excluding hydrogens is 320 g/mol. The Morgan fingerprint density at radius 1 is 1.24 bits per heavy atom. The van der Waals surface area contributed by atoms with Crippen LogP contribution in [0.3, 0.4) is 0 Å². The van der Waals surface area contributed by atoms with Crippen LogP contribution < -0.4 is 4.90 Å². The summed E-state index contributed by atoms with van der Waals surface area (Å²) in [6.45, 7) is 2.67. The summed E-state index contributed by atoms with van der Waals surface area (Å²) in [7, 11) is 1.89. The van der Waals surface area contributed by atoms with Crippen molar-refractivity contribution in [3.8, 4) is 6.07 Å². The Morgan fingerprint density at radius 3 is 2.68 bits per heavy atom. The molecule has 8 nitrogen and oxygen atoms in total. The largest absolute Gasteiger partial charge is 0.464 e. The highest BCUT2D eigenvalue weighted by Gasteiger charge is 2.04. The van der Waals surface area contributed by atoms with Gasteiger partial charge < -0.3 is 9.64 Å². The average Bonchev–Trinajstić information content (AvgIpc) is 2.66. The Hall–Kier alpha value is -3.34. The van der Waals surface area contributed by atoms with Gasteiger partial charge in [0.15, 0.2) is 5.82 Å². The van der Waals surface area contributed by atoms with Crippen molar-refractivity contribution >= 4 is 23.2 Å². The van der Waals surface area contributed by atoms with Gasteiger partial charge in [-0.15, -0.1) is 10.2 Å². The quantitative estimate of drug-likeness (QED) is 0.567. The Labute approximate surface area is 145 Å². The van der Waals surface area contributed by atoms with Crippen molar-refractivity contribution in [1.82, 2.24) is 9.97 Å². The van der Waals surface area contributed by atoms with E-state index in [1.165, 1.54) is 6.20 Å². The molecule has 0 aromatic carbocycles. The topological polar surface area (TPSA) is 104 Å². The van der Waals surface area contributed by atoms with Crippen molar-refractivity contribution in [2.75, 3.05) is 25.1 Å². The summed E-state index contributed by atoms with van der Waals surface area (Å²) in [4.78, 5) is 21.2. The lowest BCUT2D eigenvalue weighted by Gasteiger charge is -2.18. The molecule has 2 rings (SSSR count). The molecule has 0 radical (unpaired) electrons. The van der Waals surface area contributed by atoms with E-state index in [1.807, 2.05) is 24.1 Å². The number of carbonyl (C=O) groups excluding carboxylic acids is 1. The molecule has 0 unspecified atom stereocenters. The summed E-state index contributed by atoms with van der Waals surface area (Å²) >= 11 is 0. The van der Waals surface area contributed by atoms with Gasteiger partial charge in [-0.2, -0.15) is 5.26 Å². The van der Waals surface area contributed by atoms with Crippen LogP contribution >= 0.6 is 0 Å². The lowest BCUT2D eigenvalue weighted by atomic mass is 10.3. The van der Waals surface area contributed by atoms with Gasteiger partial charge in [0.2, 0.25) is 0 Å². The highest BCUT2D eigenvalue weighted by atomic mass is 16.5. The number of nitrogens with zero attached hydrogens (tertiary/aromatic N) is 6. The molecule has 0 saturated heterocycles. The van der Waals surface area contributed by atoms with E-state index < -0.39 is 0 Å². The predicted molar refractivity (Wildman–Crippen MR) is 91.9 cm³/mol. The van der Waals surface area contributed by atoms with E-state index in [1.54, 1.807) is 31.3 Å². The second-order valence-corrected chi connectivity index (χ2v) is 5.08. The fourth-order valence-electron chi connectivity index (χ4n) is 1.81. The number of hydrogen-bond donors (Lipinski definition) is 0. The van der Waals surface area contributed by atoms with E-state index >= 15 is 0 Å². The lowest BCUT2D eigenvalue weighted by molar-refractivity contribution is -0.142. The summed E-state index contributed by atoms with van der Waals surface area (Å²) in [6.07, 6.45) is 3.52. The van der Waals surface area contributed by atoms with Gasteiger partial charge in [0.25, 0.3) is 0 Å². The van der Waals surface area contributed by atoms with Gasteiger partial charge >= 0.3 is 5.97 Å². The number of pyridine rings is 2. The summed E-state index contributed by atoms with van der Waals surface area (Å²) in [6, 6.07) is 8.78. The fourth-order valence-corrected chi connectivity index (χ4v) is 1.81. The van der Waals surface area contributed by atoms with Crippen LogP contribution in [0.15, 0.2) is 46.9 Å². The van der Waals surface area contributed by atoms with Gasteiger partial charge in [0.1, 0.15) is 24.1 Å². The smallest absolute Gasteiger partial charge is 0.305 e. The summed E-state index contributed by atoms with van der Waals surface area (Å²) in [5.41, 5.74) is 1.75. The first-order valence-electron chi connectivity index (χ1n) is 7.73. The molecule has 128 valence electrons. The van der Waals surface area contributed by atoms with E-state index in [-0.39, 0.29) is 5.97 Å². The van der Waals surface area contributed by atoms with Gasteiger partial charge in [-0.1, -0.05) is 6.92 Å². The van der Waals surface area contributed by atoms with Crippen molar-refractivity contribution < 1.29 is 9.53 Å². The molecule has 2 aromatic heterocycles. The number of anilines is 1. The van der Waals surface area contributed by atoms with Crippen molar-refractivity contribution in [3.63, 3.8) is 0 Å². The molecule has 0 aliphatic carbocycles. The summed E-state index contributed by atoms with van der Waals surface area (Å²) in [5.74, 6) is 0.249. The number of rotatable bonds is 7. The summed E-state index contributed by atoms with van der Waals surface area (Å²) in [5, 5.41) is 16.8. The molecule has 0 spiro atoms. The van der Waals surface area contributed by atoms with Crippen LogP contribution in [-0.4, -0.2) is 36.1 Å². The minimum atomic E-state index is -0.209. The first kappa shape index (κ1) is 18.0. The maximum atomic E-state index is 11.1. The normalized spacial score (nSPS) is 10.4. The highest BCUT2D eigenvalue weighted by molar-refractivity contribution is 5.68. The molecule has 0 aliphatic rings. The molecule has 0 bridgehead atoms. The van der Waals surface area contributed by atoms with E-state index in [4.69, 9.17) is 10.00 Å². The van der Waals surface area contributed by atoms with Crippen LogP contribution in [0.2, 0.25) is 0 Å². The molecule has 0 amide bonds. The number of likely N-dealkylation sites (N-methyl/N-ethyl adjacent to an activating group) is 1. The molecule has 2 aromatic rings. The van der Waals surface area contributed by atoms with Crippen LogP contribution in [0.1, 0.15) is 19.0 Å². The van der Waals surface area contributed by atoms with Crippen LogP contribution in [0, 0.1) is 11.3 Å². The Bertz CT molecular complexity index is 765. The van der Waals surface area contributed by atoms with E-state index in [9.17, 15) is 4.79 Å². The number of carbonyl (C=O) groups is 1. The maximum Gasteiger partial charge on any atom is 0.305 e. The standard InChI is InChI=1S/C17H18N6O2/c1-3-17(24)25-9-8-23(2)15-6-7-16(20-12-15)22-21-14-5-4-13(10-18)19-11-14/h4-7,11-12H,3,8-9H2,1-2H3/b22-21+. The van der Waals surface area contributed by atoms with Crippen molar-refractivity contribution in [1.29, 1.82) is 5.26 Å². The minimum absolute atomic E-state index is 0.209. The second-order valence-electron chi connectivity index (χ2n) is 5.08. The zero-order valence-electron chi connectivity index (χ0n) is 14.1. The van der Waals surface area contributed by atoms with Crippen LogP contribution in [-0.2, 0) is 9.53 Å². The van der Waals surface area contributed by atoms with Crippen LogP contribution in [0.25, 0.3) is 0 Å². The molecule has 25 heavy (non-hydrogen) atoms. The monoisotopic (exact) mass is 338 g/mol. The number of nitriles is 1. The van der Waals surface area contributed by atoms with Crippen LogP contribution in [0.4, 0.5) is 17.2 Å². The van der Waals surface area contributed by atoms with E-state index in [0.717, 1.165) is 5.69 Å². The zero-order valence-corrected chi connectivity index (χ0v) is 14.1. The minimum Gasteiger partial charge on any atom is -0.464 e. The number of hydrogen-bond acceptors (Lipinski definition) is 8. The SMILES string of the molecule is CCC(=O)OCCN(C)c1ccc(/N=N/c2ccc(C#N)nc2)nc1.